The zero-order valence-electron chi connectivity index (χ0n) is 11.7. The fourth-order valence-electron chi connectivity index (χ4n) is 2.69. The monoisotopic (exact) mass is 288 g/mol. The molecule has 0 bridgehead atoms. The third kappa shape index (κ3) is 2.99. The maximum absolute atomic E-state index is 14.5. The van der Waals surface area contributed by atoms with Gasteiger partial charge in [0.25, 0.3) is 5.92 Å². The summed E-state index contributed by atoms with van der Waals surface area (Å²) >= 11 is 0. The third-order valence-electron chi connectivity index (χ3n) is 3.75. The molecule has 0 unspecified atom stereocenters. The Morgan fingerprint density at radius 1 is 1.00 bits per heavy atom. The maximum Gasteiger partial charge on any atom is 0.290 e. The molecule has 2 aromatic carbocycles. The first kappa shape index (κ1) is 13.9. The summed E-state index contributed by atoms with van der Waals surface area (Å²) in [6.07, 6.45) is 0.847. The molecule has 2 nitrogen and oxygen atoms in total. The molecule has 1 N–H and O–H groups in total. The molecule has 0 atom stereocenters. The Morgan fingerprint density at radius 2 is 1.71 bits per heavy atom. The van der Waals surface area contributed by atoms with Crippen molar-refractivity contribution in [1.82, 2.24) is 0 Å². The summed E-state index contributed by atoms with van der Waals surface area (Å²) in [5.41, 5.74) is 1.85. The van der Waals surface area contributed by atoms with Gasteiger partial charge in [-0.15, -0.1) is 0 Å². The van der Waals surface area contributed by atoms with Crippen molar-refractivity contribution in [2.24, 2.45) is 0 Å². The Bertz CT molecular complexity index is 599. The number of nitrogens with zero attached hydrogens (tertiary/aromatic N) is 1. The van der Waals surface area contributed by atoms with Crippen molar-refractivity contribution in [3.63, 3.8) is 0 Å². The predicted octanol–water partition coefficient (Wildman–Crippen LogP) is 4.10. The SMILES string of the molecule is FC(F)(CN1CCCNc2ccccc21)c1ccccc1. The number of rotatable bonds is 3. The minimum Gasteiger partial charge on any atom is -0.383 e. The molecule has 0 fully saturated rings. The highest BCUT2D eigenvalue weighted by Crippen LogP contribution is 2.34. The van der Waals surface area contributed by atoms with Gasteiger partial charge >= 0.3 is 0 Å². The van der Waals surface area contributed by atoms with Gasteiger partial charge in [-0.2, -0.15) is 8.78 Å². The van der Waals surface area contributed by atoms with Gasteiger partial charge in [0.2, 0.25) is 0 Å². The molecular formula is C17H18F2N2. The molecule has 110 valence electrons. The smallest absolute Gasteiger partial charge is 0.290 e. The van der Waals surface area contributed by atoms with Crippen LogP contribution in [0.15, 0.2) is 54.6 Å². The van der Waals surface area contributed by atoms with Crippen LogP contribution in [-0.2, 0) is 5.92 Å². The van der Waals surface area contributed by atoms with Crippen molar-refractivity contribution in [2.75, 3.05) is 29.9 Å². The lowest BCUT2D eigenvalue weighted by Gasteiger charge is -2.29. The van der Waals surface area contributed by atoms with E-state index >= 15 is 0 Å². The molecule has 0 amide bonds. The van der Waals surface area contributed by atoms with Gasteiger partial charge in [0.1, 0.15) is 0 Å². The number of alkyl halides is 2. The van der Waals surface area contributed by atoms with E-state index in [0.717, 1.165) is 24.3 Å². The van der Waals surface area contributed by atoms with E-state index in [2.05, 4.69) is 5.32 Å². The van der Waals surface area contributed by atoms with Gasteiger partial charge < -0.3 is 10.2 Å². The number of anilines is 2. The highest BCUT2D eigenvalue weighted by molar-refractivity contribution is 5.70. The molecule has 1 aliphatic rings. The summed E-state index contributed by atoms with van der Waals surface area (Å²) < 4.78 is 29.0. The number of fused-ring (bicyclic) bond motifs is 1. The second-order valence-electron chi connectivity index (χ2n) is 5.29. The highest BCUT2D eigenvalue weighted by Gasteiger charge is 2.34. The molecule has 0 radical (unpaired) electrons. The average molecular weight is 288 g/mol. The Hall–Kier alpha value is -2.10. The highest BCUT2D eigenvalue weighted by atomic mass is 19.3. The lowest BCUT2D eigenvalue weighted by atomic mass is 10.1. The van der Waals surface area contributed by atoms with E-state index in [0.29, 0.717) is 6.54 Å². The molecule has 4 heteroatoms. The van der Waals surface area contributed by atoms with Crippen LogP contribution in [-0.4, -0.2) is 19.6 Å². The summed E-state index contributed by atoms with van der Waals surface area (Å²) in [6.45, 7) is 1.15. The molecular weight excluding hydrogens is 270 g/mol. The summed E-state index contributed by atoms with van der Waals surface area (Å²) in [7, 11) is 0. The van der Waals surface area contributed by atoms with Crippen molar-refractivity contribution in [2.45, 2.75) is 12.3 Å². The Labute approximate surface area is 123 Å². The molecule has 3 rings (SSSR count). The van der Waals surface area contributed by atoms with Crippen molar-refractivity contribution >= 4 is 11.4 Å². The standard InChI is InChI=1S/C17H18F2N2/c18-17(19,14-7-2-1-3-8-14)13-21-12-6-11-20-15-9-4-5-10-16(15)21/h1-5,7-10,20H,6,11-13H2. The van der Waals surface area contributed by atoms with Gasteiger partial charge in [-0.25, -0.2) is 0 Å². The quantitative estimate of drug-likeness (QED) is 0.914. The third-order valence-corrected chi connectivity index (χ3v) is 3.75. The molecule has 21 heavy (non-hydrogen) atoms. The fourth-order valence-corrected chi connectivity index (χ4v) is 2.69. The number of halogens is 2. The van der Waals surface area contributed by atoms with Gasteiger partial charge in [0.05, 0.1) is 17.9 Å². The number of para-hydroxylation sites is 2. The first-order chi connectivity index (χ1) is 10.2. The molecule has 0 aromatic heterocycles. The van der Waals surface area contributed by atoms with Gasteiger partial charge in [-0.1, -0.05) is 42.5 Å². The Kier molecular flexibility index (Phi) is 3.78. The van der Waals surface area contributed by atoms with Gasteiger partial charge in [-0.3, -0.25) is 0 Å². The van der Waals surface area contributed by atoms with Crippen LogP contribution >= 0.6 is 0 Å². The van der Waals surface area contributed by atoms with Crippen LogP contribution in [0.25, 0.3) is 0 Å². The summed E-state index contributed by atoms with van der Waals surface area (Å²) in [5.74, 6) is -2.86. The van der Waals surface area contributed by atoms with Crippen LogP contribution in [0.4, 0.5) is 20.2 Å². The average Bonchev–Trinajstić information content (AvgIpc) is 2.71. The number of nitrogens with one attached hydrogen (secondary N) is 1. The number of hydrogen-bond acceptors (Lipinski definition) is 2. The molecule has 2 aromatic rings. The van der Waals surface area contributed by atoms with E-state index < -0.39 is 5.92 Å². The van der Waals surface area contributed by atoms with Crippen molar-refractivity contribution < 1.29 is 8.78 Å². The van der Waals surface area contributed by atoms with Crippen LogP contribution in [0.3, 0.4) is 0 Å². The van der Waals surface area contributed by atoms with Crippen LogP contribution in [0.5, 0.6) is 0 Å². The van der Waals surface area contributed by atoms with Gasteiger partial charge in [0, 0.05) is 18.7 Å². The summed E-state index contributed by atoms with van der Waals surface area (Å²) in [5, 5.41) is 3.29. The number of benzene rings is 2. The molecule has 1 aliphatic heterocycles. The van der Waals surface area contributed by atoms with Gasteiger partial charge in [0.15, 0.2) is 0 Å². The first-order valence-electron chi connectivity index (χ1n) is 7.18. The second kappa shape index (κ2) is 5.72. The first-order valence-corrected chi connectivity index (χ1v) is 7.18. The van der Waals surface area contributed by atoms with Gasteiger partial charge in [-0.05, 0) is 18.6 Å². The van der Waals surface area contributed by atoms with Crippen LogP contribution in [0.1, 0.15) is 12.0 Å². The number of hydrogen-bond donors (Lipinski definition) is 1. The topological polar surface area (TPSA) is 15.3 Å². The Morgan fingerprint density at radius 3 is 2.52 bits per heavy atom. The largest absolute Gasteiger partial charge is 0.383 e. The molecule has 0 saturated carbocycles. The zero-order chi connectivity index (χ0) is 14.7. The van der Waals surface area contributed by atoms with Crippen LogP contribution in [0.2, 0.25) is 0 Å². The van der Waals surface area contributed by atoms with Crippen LogP contribution < -0.4 is 10.2 Å². The predicted molar refractivity (Wildman–Crippen MR) is 82.1 cm³/mol. The van der Waals surface area contributed by atoms with Crippen LogP contribution in [0, 0.1) is 0 Å². The molecule has 0 saturated heterocycles. The van der Waals surface area contributed by atoms with E-state index in [1.54, 1.807) is 23.1 Å². The zero-order valence-corrected chi connectivity index (χ0v) is 11.7. The van der Waals surface area contributed by atoms with E-state index in [-0.39, 0.29) is 12.1 Å². The lowest BCUT2D eigenvalue weighted by Crippen LogP contribution is -2.35. The minimum absolute atomic E-state index is 0.0692. The second-order valence-corrected chi connectivity index (χ2v) is 5.29. The molecule has 0 aliphatic carbocycles. The van der Waals surface area contributed by atoms with Crippen molar-refractivity contribution in [1.29, 1.82) is 0 Å². The van der Waals surface area contributed by atoms with E-state index in [4.69, 9.17) is 0 Å². The normalized spacial score (nSPS) is 15.0. The Balaban J connectivity index is 1.87. The van der Waals surface area contributed by atoms with E-state index in [1.165, 1.54) is 12.1 Å². The molecule has 1 heterocycles. The van der Waals surface area contributed by atoms with Crippen molar-refractivity contribution in [3.05, 3.63) is 60.2 Å². The summed E-state index contributed by atoms with van der Waals surface area (Å²) in [6, 6.07) is 15.7. The fraction of sp³-hybridized carbons (Fsp3) is 0.294. The van der Waals surface area contributed by atoms with Crippen molar-refractivity contribution in [3.8, 4) is 0 Å². The maximum atomic E-state index is 14.5. The van der Waals surface area contributed by atoms with E-state index in [9.17, 15) is 8.78 Å². The lowest BCUT2D eigenvalue weighted by molar-refractivity contribution is 0.00399. The summed E-state index contributed by atoms with van der Waals surface area (Å²) in [4.78, 5) is 1.78. The molecule has 0 spiro atoms. The van der Waals surface area contributed by atoms with E-state index in [1.807, 2.05) is 24.3 Å². The minimum atomic E-state index is -2.86.